The highest BCUT2D eigenvalue weighted by Gasteiger charge is 2.17. The summed E-state index contributed by atoms with van der Waals surface area (Å²) < 4.78 is 0. The lowest BCUT2D eigenvalue weighted by Crippen LogP contribution is -2.39. The highest BCUT2D eigenvalue weighted by Crippen LogP contribution is 2.14. The number of nitrogens with two attached hydrogens (primary N) is 1. The Bertz CT molecular complexity index is 396. The molecule has 1 aromatic heterocycles. The van der Waals surface area contributed by atoms with Crippen LogP contribution in [0.5, 0.6) is 0 Å². The molecule has 0 bridgehead atoms. The van der Waals surface area contributed by atoms with Gasteiger partial charge in [-0.25, -0.2) is 4.98 Å². The van der Waals surface area contributed by atoms with E-state index in [9.17, 15) is 4.79 Å². The maximum Gasteiger partial charge on any atom is 0.242 e. The average Bonchev–Trinajstić information content (AvgIpc) is 2.35. The lowest BCUT2D eigenvalue weighted by Gasteiger charge is -2.15. The van der Waals surface area contributed by atoms with E-state index >= 15 is 0 Å². The van der Waals surface area contributed by atoms with Gasteiger partial charge in [0.25, 0.3) is 0 Å². The van der Waals surface area contributed by atoms with E-state index in [4.69, 9.17) is 5.73 Å². The van der Waals surface area contributed by atoms with E-state index in [-0.39, 0.29) is 11.8 Å². The molecule has 0 aromatic carbocycles. The van der Waals surface area contributed by atoms with Crippen LogP contribution in [0.15, 0.2) is 18.3 Å². The van der Waals surface area contributed by atoms with Crippen LogP contribution in [0.2, 0.25) is 0 Å². The van der Waals surface area contributed by atoms with E-state index in [1.165, 1.54) is 0 Å². The van der Waals surface area contributed by atoms with Gasteiger partial charge in [0.1, 0.15) is 5.82 Å². The van der Waals surface area contributed by atoms with Crippen LogP contribution >= 0.6 is 11.8 Å². The third kappa shape index (κ3) is 4.66. The van der Waals surface area contributed by atoms with Crippen LogP contribution in [0, 0.1) is 5.92 Å². The van der Waals surface area contributed by atoms with Crippen LogP contribution in [-0.4, -0.2) is 22.7 Å². The van der Waals surface area contributed by atoms with Gasteiger partial charge in [-0.3, -0.25) is 4.79 Å². The van der Waals surface area contributed by atoms with Gasteiger partial charge in [0.15, 0.2) is 0 Å². The van der Waals surface area contributed by atoms with E-state index < -0.39 is 6.04 Å². The Kier molecular flexibility index (Phi) is 6.15. The molecular formula is C13H21N3OS. The van der Waals surface area contributed by atoms with E-state index in [2.05, 4.69) is 17.2 Å². The predicted octanol–water partition coefficient (Wildman–Crippen LogP) is 2.26. The highest BCUT2D eigenvalue weighted by atomic mass is 32.2. The van der Waals surface area contributed by atoms with Crippen molar-refractivity contribution in [1.29, 1.82) is 0 Å². The fourth-order valence-electron chi connectivity index (χ4n) is 1.36. The van der Waals surface area contributed by atoms with Crippen LogP contribution in [-0.2, 0) is 10.5 Å². The minimum absolute atomic E-state index is 0.115. The summed E-state index contributed by atoms with van der Waals surface area (Å²) in [5.74, 6) is 2.51. The molecule has 1 aromatic rings. The second-order valence-corrected chi connectivity index (χ2v) is 5.72. The summed E-state index contributed by atoms with van der Waals surface area (Å²) in [6.45, 7) is 5.97. The number of thioether (sulfide) groups is 1. The second kappa shape index (κ2) is 7.38. The van der Waals surface area contributed by atoms with Crippen LogP contribution in [0.4, 0.5) is 5.82 Å². The number of hydrogen-bond acceptors (Lipinski definition) is 4. The van der Waals surface area contributed by atoms with Crippen molar-refractivity contribution >= 4 is 23.5 Å². The standard InChI is InChI=1S/C13H21N3OS/c1-4-18-8-10-5-6-15-11(7-10)16-13(17)12(14)9(2)3/h5-7,9,12H,4,8,14H2,1-3H3,(H,15,16,17)/t12-/m0/s1. The van der Waals surface area contributed by atoms with E-state index in [1.807, 2.05) is 37.7 Å². The molecule has 18 heavy (non-hydrogen) atoms. The number of carbonyl (C=O) groups excluding carboxylic acids is 1. The molecular weight excluding hydrogens is 246 g/mol. The number of amides is 1. The van der Waals surface area contributed by atoms with Gasteiger partial charge < -0.3 is 11.1 Å². The normalized spacial score (nSPS) is 12.5. The van der Waals surface area contributed by atoms with Crippen LogP contribution in [0.3, 0.4) is 0 Å². The van der Waals surface area contributed by atoms with Crippen molar-refractivity contribution in [3.8, 4) is 0 Å². The zero-order valence-electron chi connectivity index (χ0n) is 11.1. The Morgan fingerprint density at radius 2 is 2.28 bits per heavy atom. The number of nitrogens with one attached hydrogen (secondary N) is 1. The molecule has 0 radical (unpaired) electrons. The molecule has 3 N–H and O–H groups in total. The van der Waals surface area contributed by atoms with Crippen LogP contribution in [0.25, 0.3) is 0 Å². The summed E-state index contributed by atoms with van der Waals surface area (Å²) in [5.41, 5.74) is 6.94. The smallest absolute Gasteiger partial charge is 0.242 e. The number of nitrogens with zero attached hydrogens (tertiary/aromatic N) is 1. The molecule has 1 heterocycles. The molecule has 0 saturated carbocycles. The molecule has 1 amide bonds. The second-order valence-electron chi connectivity index (χ2n) is 4.45. The number of hydrogen-bond donors (Lipinski definition) is 2. The number of aromatic nitrogens is 1. The molecule has 0 aliphatic heterocycles. The van der Waals surface area contributed by atoms with Crippen molar-refractivity contribution in [2.75, 3.05) is 11.1 Å². The van der Waals surface area contributed by atoms with Crippen molar-refractivity contribution in [2.45, 2.75) is 32.6 Å². The van der Waals surface area contributed by atoms with Gasteiger partial charge >= 0.3 is 0 Å². The zero-order chi connectivity index (χ0) is 13.5. The Morgan fingerprint density at radius 3 is 2.89 bits per heavy atom. The van der Waals surface area contributed by atoms with Crippen molar-refractivity contribution < 1.29 is 4.79 Å². The molecule has 0 aliphatic carbocycles. The third-order valence-corrected chi connectivity index (χ3v) is 3.52. The highest BCUT2D eigenvalue weighted by molar-refractivity contribution is 7.98. The topological polar surface area (TPSA) is 68.0 Å². The minimum atomic E-state index is -0.500. The lowest BCUT2D eigenvalue weighted by atomic mass is 10.1. The van der Waals surface area contributed by atoms with Crippen molar-refractivity contribution in [1.82, 2.24) is 4.98 Å². The molecule has 0 aliphatic rings. The maximum absolute atomic E-state index is 11.8. The van der Waals surface area contributed by atoms with Gasteiger partial charge in [-0.2, -0.15) is 11.8 Å². The largest absolute Gasteiger partial charge is 0.320 e. The Morgan fingerprint density at radius 1 is 1.56 bits per heavy atom. The van der Waals surface area contributed by atoms with Gasteiger partial charge in [0, 0.05) is 11.9 Å². The van der Waals surface area contributed by atoms with Crippen molar-refractivity contribution in [2.24, 2.45) is 11.7 Å². The van der Waals surface area contributed by atoms with Crippen molar-refractivity contribution in [3.63, 3.8) is 0 Å². The van der Waals surface area contributed by atoms with Gasteiger partial charge in [-0.15, -0.1) is 0 Å². The average molecular weight is 267 g/mol. The fourth-order valence-corrected chi connectivity index (χ4v) is 1.98. The molecule has 1 atom stereocenters. The van der Waals surface area contributed by atoms with Crippen LogP contribution in [0.1, 0.15) is 26.3 Å². The summed E-state index contributed by atoms with van der Waals surface area (Å²) in [6, 6.07) is 3.36. The first-order valence-corrected chi connectivity index (χ1v) is 7.29. The Hall–Kier alpha value is -1.07. The van der Waals surface area contributed by atoms with Gasteiger partial charge in [-0.1, -0.05) is 20.8 Å². The summed E-state index contributed by atoms with van der Waals surface area (Å²) in [6.07, 6.45) is 1.71. The van der Waals surface area contributed by atoms with Crippen LogP contribution < -0.4 is 11.1 Å². The summed E-state index contributed by atoms with van der Waals surface area (Å²) >= 11 is 1.83. The Labute approximate surface area is 113 Å². The molecule has 0 fully saturated rings. The Balaban J connectivity index is 2.64. The van der Waals surface area contributed by atoms with Crippen molar-refractivity contribution in [3.05, 3.63) is 23.9 Å². The first-order valence-electron chi connectivity index (χ1n) is 6.13. The van der Waals surface area contributed by atoms with E-state index in [0.29, 0.717) is 5.82 Å². The fraction of sp³-hybridized carbons (Fsp3) is 0.538. The quantitative estimate of drug-likeness (QED) is 0.829. The molecule has 5 heteroatoms. The lowest BCUT2D eigenvalue weighted by molar-refractivity contribution is -0.118. The number of rotatable bonds is 6. The third-order valence-electron chi connectivity index (χ3n) is 2.57. The molecule has 0 spiro atoms. The number of anilines is 1. The molecule has 0 unspecified atom stereocenters. The van der Waals surface area contributed by atoms with Gasteiger partial charge in [0.05, 0.1) is 6.04 Å². The van der Waals surface area contributed by atoms with Gasteiger partial charge in [0.2, 0.25) is 5.91 Å². The SMILES string of the molecule is CCSCc1ccnc(NC(=O)[C@@H](N)C(C)C)c1. The van der Waals surface area contributed by atoms with E-state index in [0.717, 1.165) is 17.1 Å². The monoisotopic (exact) mass is 267 g/mol. The van der Waals surface area contributed by atoms with E-state index in [1.54, 1.807) is 6.20 Å². The summed E-state index contributed by atoms with van der Waals surface area (Å²) in [5, 5.41) is 2.76. The molecule has 100 valence electrons. The number of carbonyl (C=O) groups is 1. The summed E-state index contributed by atoms with van der Waals surface area (Å²) in [7, 11) is 0. The van der Waals surface area contributed by atoms with Gasteiger partial charge in [-0.05, 0) is 29.4 Å². The first-order chi connectivity index (χ1) is 8.54. The maximum atomic E-state index is 11.8. The predicted molar refractivity (Wildman–Crippen MR) is 77.5 cm³/mol. The molecule has 1 rings (SSSR count). The molecule has 4 nitrogen and oxygen atoms in total. The minimum Gasteiger partial charge on any atom is -0.320 e. The first kappa shape index (κ1) is 15.0. The zero-order valence-corrected chi connectivity index (χ0v) is 12.0. The number of pyridine rings is 1. The summed E-state index contributed by atoms with van der Waals surface area (Å²) in [4.78, 5) is 15.9. The molecule has 0 saturated heterocycles.